The second-order valence-electron chi connectivity index (χ2n) is 4.26. The van der Waals surface area contributed by atoms with Gasteiger partial charge in [0.25, 0.3) is 5.91 Å². The normalized spacial score (nSPS) is 10.3. The Morgan fingerprint density at radius 3 is 2.68 bits per heavy atom. The van der Waals surface area contributed by atoms with E-state index < -0.39 is 0 Å². The van der Waals surface area contributed by atoms with Crippen LogP contribution in [0, 0.1) is 12.7 Å². The molecule has 2 nitrogen and oxygen atoms in total. The van der Waals surface area contributed by atoms with E-state index in [1.165, 1.54) is 6.07 Å². The van der Waals surface area contributed by atoms with Crippen molar-refractivity contribution in [1.82, 2.24) is 5.32 Å². The smallest absolute Gasteiger partial charge is 0.252 e. The maximum Gasteiger partial charge on any atom is 0.252 e. The minimum absolute atomic E-state index is 0.172. The van der Waals surface area contributed by atoms with E-state index in [1.807, 2.05) is 19.1 Å². The molecule has 19 heavy (non-hydrogen) atoms. The van der Waals surface area contributed by atoms with Crippen LogP contribution in [0.15, 0.2) is 46.9 Å². The van der Waals surface area contributed by atoms with Crippen molar-refractivity contribution in [3.8, 4) is 0 Å². The second kappa shape index (κ2) is 5.97. The monoisotopic (exact) mass is 321 g/mol. The van der Waals surface area contributed by atoms with Gasteiger partial charge in [-0.05, 0) is 46.6 Å². The highest BCUT2D eigenvalue weighted by Gasteiger charge is 2.10. The lowest BCUT2D eigenvalue weighted by Gasteiger charge is -2.08. The highest BCUT2D eigenvalue weighted by atomic mass is 79.9. The van der Waals surface area contributed by atoms with E-state index in [0.29, 0.717) is 11.1 Å². The van der Waals surface area contributed by atoms with Gasteiger partial charge in [0.05, 0.1) is 5.56 Å². The van der Waals surface area contributed by atoms with E-state index in [9.17, 15) is 9.18 Å². The predicted molar refractivity (Wildman–Crippen MR) is 76.4 cm³/mol. The molecule has 0 atom stereocenters. The van der Waals surface area contributed by atoms with Gasteiger partial charge in [-0.3, -0.25) is 4.79 Å². The van der Waals surface area contributed by atoms with Crippen molar-refractivity contribution >= 4 is 21.8 Å². The van der Waals surface area contributed by atoms with Crippen molar-refractivity contribution in [2.75, 3.05) is 0 Å². The Morgan fingerprint density at radius 1 is 1.26 bits per heavy atom. The van der Waals surface area contributed by atoms with E-state index >= 15 is 0 Å². The van der Waals surface area contributed by atoms with Crippen molar-refractivity contribution in [3.05, 3.63) is 69.4 Å². The molecule has 0 radical (unpaired) electrons. The lowest BCUT2D eigenvalue weighted by Crippen LogP contribution is -2.23. The molecule has 0 aliphatic rings. The minimum Gasteiger partial charge on any atom is -0.348 e. The molecule has 0 saturated carbocycles. The Kier molecular flexibility index (Phi) is 4.32. The molecule has 0 aliphatic heterocycles. The third-order valence-corrected chi connectivity index (χ3v) is 3.42. The van der Waals surface area contributed by atoms with Crippen LogP contribution in [0.1, 0.15) is 21.5 Å². The van der Waals surface area contributed by atoms with Crippen molar-refractivity contribution in [1.29, 1.82) is 0 Å². The molecule has 0 unspecified atom stereocenters. The molecule has 0 bridgehead atoms. The molecule has 98 valence electrons. The van der Waals surface area contributed by atoms with Crippen molar-refractivity contribution in [3.63, 3.8) is 0 Å². The standard InChI is InChI=1S/C15H13BrFNO/c1-10-6-7-12(13(16)8-10)15(19)18-9-11-4-2-3-5-14(11)17/h2-8H,9H2,1H3,(H,18,19). The third-order valence-electron chi connectivity index (χ3n) is 2.77. The number of halogens is 2. The van der Waals surface area contributed by atoms with Crippen LogP contribution < -0.4 is 5.32 Å². The van der Waals surface area contributed by atoms with E-state index in [2.05, 4.69) is 21.2 Å². The molecule has 0 aromatic heterocycles. The van der Waals surface area contributed by atoms with Crippen LogP contribution in [-0.2, 0) is 6.54 Å². The molecule has 2 rings (SSSR count). The van der Waals surface area contributed by atoms with Gasteiger partial charge in [-0.2, -0.15) is 0 Å². The zero-order chi connectivity index (χ0) is 13.8. The number of hydrogen-bond donors (Lipinski definition) is 1. The first kappa shape index (κ1) is 13.7. The van der Waals surface area contributed by atoms with E-state index in [4.69, 9.17) is 0 Å². The van der Waals surface area contributed by atoms with E-state index in [1.54, 1.807) is 24.3 Å². The molecule has 0 aliphatic carbocycles. The minimum atomic E-state index is -0.314. The first-order valence-electron chi connectivity index (χ1n) is 5.85. The molecular weight excluding hydrogens is 309 g/mol. The Labute approximate surface area is 119 Å². The molecular formula is C15H13BrFNO. The summed E-state index contributed by atoms with van der Waals surface area (Å²) in [5, 5.41) is 2.71. The van der Waals surface area contributed by atoms with Crippen LogP contribution in [0.25, 0.3) is 0 Å². The highest BCUT2D eigenvalue weighted by Crippen LogP contribution is 2.18. The van der Waals surface area contributed by atoms with Crippen LogP contribution in [0.2, 0.25) is 0 Å². The second-order valence-corrected chi connectivity index (χ2v) is 5.11. The zero-order valence-electron chi connectivity index (χ0n) is 10.4. The molecule has 0 heterocycles. The quantitative estimate of drug-likeness (QED) is 0.914. The summed E-state index contributed by atoms with van der Waals surface area (Å²) in [6, 6.07) is 11.9. The van der Waals surface area contributed by atoms with E-state index in [0.717, 1.165) is 10.0 Å². The first-order chi connectivity index (χ1) is 9.08. The van der Waals surface area contributed by atoms with E-state index in [-0.39, 0.29) is 18.3 Å². The van der Waals surface area contributed by atoms with Gasteiger partial charge in [-0.15, -0.1) is 0 Å². The molecule has 4 heteroatoms. The molecule has 0 spiro atoms. The maximum atomic E-state index is 13.4. The van der Waals surface area contributed by atoms with Gasteiger partial charge < -0.3 is 5.32 Å². The van der Waals surface area contributed by atoms with Gasteiger partial charge in [-0.1, -0.05) is 24.3 Å². The Bertz CT molecular complexity index is 613. The van der Waals surface area contributed by atoms with Crippen molar-refractivity contribution < 1.29 is 9.18 Å². The average molecular weight is 322 g/mol. The zero-order valence-corrected chi connectivity index (χ0v) is 12.0. The van der Waals surface area contributed by atoms with Crippen LogP contribution in [0.5, 0.6) is 0 Å². The fourth-order valence-corrected chi connectivity index (χ4v) is 2.39. The summed E-state index contributed by atoms with van der Waals surface area (Å²) in [5.74, 6) is -0.541. The number of nitrogens with one attached hydrogen (secondary N) is 1. The van der Waals surface area contributed by atoms with Crippen molar-refractivity contribution in [2.45, 2.75) is 13.5 Å². The Morgan fingerprint density at radius 2 is 2.00 bits per heavy atom. The summed E-state index contributed by atoms with van der Waals surface area (Å²) in [7, 11) is 0. The van der Waals surface area contributed by atoms with Crippen LogP contribution in [0.3, 0.4) is 0 Å². The van der Waals surface area contributed by atoms with Gasteiger partial charge in [0.1, 0.15) is 5.82 Å². The Hall–Kier alpha value is -1.68. The predicted octanol–water partition coefficient (Wildman–Crippen LogP) is 3.83. The maximum absolute atomic E-state index is 13.4. The molecule has 1 amide bonds. The van der Waals surface area contributed by atoms with Crippen LogP contribution in [0.4, 0.5) is 4.39 Å². The lowest BCUT2D eigenvalue weighted by molar-refractivity contribution is 0.0950. The Balaban J connectivity index is 2.08. The average Bonchev–Trinajstić information content (AvgIpc) is 2.37. The number of rotatable bonds is 3. The lowest BCUT2D eigenvalue weighted by atomic mass is 10.1. The SMILES string of the molecule is Cc1ccc(C(=O)NCc2ccccc2F)c(Br)c1. The molecule has 0 fully saturated rings. The van der Waals surface area contributed by atoms with Gasteiger partial charge in [0.2, 0.25) is 0 Å². The largest absolute Gasteiger partial charge is 0.348 e. The number of carbonyl (C=O) groups is 1. The van der Waals surface area contributed by atoms with Gasteiger partial charge in [0.15, 0.2) is 0 Å². The first-order valence-corrected chi connectivity index (χ1v) is 6.65. The summed E-state index contributed by atoms with van der Waals surface area (Å²) < 4.78 is 14.1. The van der Waals surface area contributed by atoms with Gasteiger partial charge in [-0.25, -0.2) is 4.39 Å². The number of amides is 1. The molecule has 2 aromatic rings. The molecule has 1 N–H and O–H groups in total. The fraction of sp³-hybridized carbons (Fsp3) is 0.133. The van der Waals surface area contributed by atoms with Crippen LogP contribution in [-0.4, -0.2) is 5.91 Å². The fourth-order valence-electron chi connectivity index (χ4n) is 1.72. The summed E-state index contributed by atoms with van der Waals surface area (Å²) in [5.41, 5.74) is 2.08. The summed E-state index contributed by atoms with van der Waals surface area (Å²) >= 11 is 3.35. The summed E-state index contributed by atoms with van der Waals surface area (Å²) in [6.45, 7) is 2.12. The number of hydrogen-bond acceptors (Lipinski definition) is 1. The highest BCUT2D eigenvalue weighted by molar-refractivity contribution is 9.10. The number of carbonyl (C=O) groups excluding carboxylic acids is 1. The molecule has 2 aromatic carbocycles. The van der Waals surface area contributed by atoms with Crippen molar-refractivity contribution in [2.24, 2.45) is 0 Å². The number of benzene rings is 2. The van der Waals surface area contributed by atoms with Gasteiger partial charge >= 0.3 is 0 Å². The van der Waals surface area contributed by atoms with Crippen LogP contribution >= 0.6 is 15.9 Å². The van der Waals surface area contributed by atoms with Gasteiger partial charge in [0, 0.05) is 16.6 Å². The topological polar surface area (TPSA) is 29.1 Å². The number of aryl methyl sites for hydroxylation is 1. The summed E-state index contributed by atoms with van der Waals surface area (Å²) in [6.07, 6.45) is 0. The summed E-state index contributed by atoms with van der Waals surface area (Å²) in [4.78, 5) is 12.0. The molecule has 0 saturated heterocycles. The third kappa shape index (κ3) is 3.41.